The number of anilines is 2. The van der Waals surface area contributed by atoms with E-state index in [0.717, 1.165) is 0 Å². The van der Waals surface area contributed by atoms with Crippen LogP contribution in [-0.2, 0) is 13.3 Å². The Bertz CT molecular complexity index is 248. The minimum atomic E-state index is -1.67. The molecule has 14 heavy (non-hydrogen) atoms. The largest absolute Gasteiger partial charge is 0.483 e. The summed E-state index contributed by atoms with van der Waals surface area (Å²) in [5.41, 5.74) is 2.47. The van der Waals surface area contributed by atoms with Crippen LogP contribution >= 0.6 is 0 Å². The van der Waals surface area contributed by atoms with Crippen molar-refractivity contribution in [2.45, 2.75) is 0 Å². The summed E-state index contributed by atoms with van der Waals surface area (Å²) in [6.45, 7) is 0. The predicted molar refractivity (Wildman–Crippen MR) is 57.9 cm³/mol. The number of benzene rings is 1. The summed E-state index contributed by atoms with van der Waals surface area (Å²) in [5.74, 6) is 0. The molecule has 0 unspecified atom stereocenters. The van der Waals surface area contributed by atoms with Crippen molar-refractivity contribution < 1.29 is 13.3 Å². The molecule has 1 N–H and O–H groups in total. The molecule has 0 aromatic heterocycles. The first kappa shape index (κ1) is 11.2. The second-order valence-corrected chi connectivity index (χ2v) is 4.69. The molecule has 2 bridgehead atoms. The third-order valence-electron chi connectivity index (χ3n) is 1.73. The smallest absolute Gasteiger partial charge is 0.379 e. The summed E-state index contributed by atoms with van der Waals surface area (Å²) in [6.07, 6.45) is 0. The van der Waals surface area contributed by atoms with Crippen LogP contribution in [-0.4, -0.2) is 30.9 Å². The summed E-state index contributed by atoms with van der Waals surface area (Å²) < 4.78 is 14.2. The van der Waals surface area contributed by atoms with Crippen LogP contribution in [0.3, 0.4) is 0 Å². The number of hydrogen-bond acceptors (Lipinski definition) is 4. The van der Waals surface area contributed by atoms with Gasteiger partial charge in [-0.25, -0.2) is 0 Å². The van der Waals surface area contributed by atoms with Gasteiger partial charge in [-0.05, 0) is 18.2 Å². The standard InChI is InChI=1S/C6H5N.C3H10O3Si/c1-2-5-4-6(3-1)7-5;1-4-7(5-2)6-3/h1-4,7H;7H,1-3H3. The Labute approximate surface area is 85.8 Å². The van der Waals surface area contributed by atoms with E-state index in [0.29, 0.717) is 0 Å². The first-order chi connectivity index (χ1) is 6.80. The van der Waals surface area contributed by atoms with Gasteiger partial charge in [0, 0.05) is 32.7 Å². The van der Waals surface area contributed by atoms with E-state index in [1.165, 1.54) is 11.4 Å². The molecule has 4 nitrogen and oxygen atoms in total. The Balaban J connectivity index is 0.000000140. The zero-order valence-corrected chi connectivity index (χ0v) is 9.77. The molecule has 0 aliphatic carbocycles. The van der Waals surface area contributed by atoms with Gasteiger partial charge in [0.15, 0.2) is 0 Å². The molecular formula is C9H15NO3Si. The third-order valence-corrected chi connectivity index (χ3v) is 2.88. The predicted octanol–water partition coefficient (Wildman–Crippen LogP) is 1.39. The highest BCUT2D eigenvalue weighted by Crippen LogP contribution is 2.27. The molecule has 0 fully saturated rings. The topological polar surface area (TPSA) is 39.7 Å². The van der Waals surface area contributed by atoms with Crippen LogP contribution in [0, 0.1) is 0 Å². The Morgan fingerprint density at radius 1 is 1.00 bits per heavy atom. The molecule has 2 aliphatic rings. The fraction of sp³-hybridized carbons (Fsp3) is 0.333. The maximum Gasteiger partial charge on any atom is 0.483 e. The van der Waals surface area contributed by atoms with Gasteiger partial charge in [0.25, 0.3) is 0 Å². The molecule has 0 atom stereocenters. The van der Waals surface area contributed by atoms with E-state index in [-0.39, 0.29) is 0 Å². The summed E-state index contributed by atoms with van der Waals surface area (Å²) in [5, 5.41) is 3.11. The summed E-state index contributed by atoms with van der Waals surface area (Å²) >= 11 is 0. The Hall–Kier alpha value is -0.883. The van der Waals surface area contributed by atoms with Crippen LogP contribution in [0.5, 0.6) is 0 Å². The number of nitrogens with one attached hydrogen (secondary N) is 1. The van der Waals surface area contributed by atoms with Crippen LogP contribution in [0.2, 0.25) is 0 Å². The van der Waals surface area contributed by atoms with Crippen molar-refractivity contribution in [2.75, 3.05) is 26.6 Å². The van der Waals surface area contributed by atoms with Crippen LogP contribution in [0.4, 0.5) is 11.4 Å². The molecule has 0 radical (unpaired) electrons. The van der Waals surface area contributed by atoms with Crippen molar-refractivity contribution >= 4 is 20.9 Å². The highest BCUT2D eigenvalue weighted by atomic mass is 28.3. The highest BCUT2D eigenvalue weighted by Gasteiger charge is 2.05. The van der Waals surface area contributed by atoms with E-state index in [1.807, 2.05) is 18.2 Å². The van der Waals surface area contributed by atoms with Crippen molar-refractivity contribution in [3.8, 4) is 0 Å². The minimum absolute atomic E-state index is 1.23. The molecule has 78 valence electrons. The molecular weight excluding hydrogens is 198 g/mol. The van der Waals surface area contributed by atoms with Gasteiger partial charge in [-0.15, -0.1) is 0 Å². The van der Waals surface area contributed by atoms with Crippen LogP contribution < -0.4 is 5.32 Å². The number of hydrogen-bond donors (Lipinski definition) is 1. The van der Waals surface area contributed by atoms with Gasteiger partial charge in [0.05, 0.1) is 0 Å². The van der Waals surface area contributed by atoms with E-state index < -0.39 is 9.53 Å². The van der Waals surface area contributed by atoms with E-state index in [2.05, 4.69) is 11.4 Å². The lowest BCUT2D eigenvalue weighted by Gasteiger charge is -2.15. The molecule has 2 aliphatic heterocycles. The molecule has 5 heteroatoms. The number of rotatable bonds is 3. The van der Waals surface area contributed by atoms with Gasteiger partial charge in [0.2, 0.25) is 0 Å². The molecule has 3 rings (SSSR count). The lowest BCUT2D eigenvalue weighted by Crippen LogP contribution is -2.21. The molecule has 0 amide bonds. The average Bonchev–Trinajstić information content (AvgIpc) is 2.22. The van der Waals surface area contributed by atoms with E-state index >= 15 is 0 Å². The lowest BCUT2D eigenvalue weighted by atomic mass is 10.2. The third kappa shape index (κ3) is 3.11. The SMILES string of the molecule is CO[SiH](OC)OC.c1cc2cc(c1)N2. The molecule has 0 saturated heterocycles. The molecule has 1 aromatic carbocycles. The van der Waals surface area contributed by atoms with Gasteiger partial charge in [-0.2, -0.15) is 0 Å². The van der Waals surface area contributed by atoms with Crippen molar-refractivity contribution in [3.05, 3.63) is 24.3 Å². The van der Waals surface area contributed by atoms with Crippen molar-refractivity contribution in [1.82, 2.24) is 0 Å². The fourth-order valence-corrected chi connectivity index (χ4v) is 1.63. The Kier molecular flexibility index (Phi) is 4.61. The van der Waals surface area contributed by atoms with Gasteiger partial charge in [-0.3, -0.25) is 0 Å². The fourth-order valence-electron chi connectivity index (χ4n) is 1.05. The second-order valence-electron chi connectivity index (χ2n) is 2.70. The average molecular weight is 213 g/mol. The Morgan fingerprint density at radius 2 is 1.43 bits per heavy atom. The Morgan fingerprint density at radius 3 is 1.50 bits per heavy atom. The molecule has 0 spiro atoms. The van der Waals surface area contributed by atoms with Gasteiger partial charge < -0.3 is 18.6 Å². The van der Waals surface area contributed by atoms with Crippen LogP contribution in [0.15, 0.2) is 24.3 Å². The first-order valence-electron chi connectivity index (χ1n) is 4.25. The first-order valence-corrected chi connectivity index (χ1v) is 5.67. The van der Waals surface area contributed by atoms with E-state index in [9.17, 15) is 0 Å². The highest BCUT2D eigenvalue weighted by molar-refractivity contribution is 6.36. The zero-order chi connectivity index (χ0) is 10.4. The summed E-state index contributed by atoms with van der Waals surface area (Å²) in [6, 6.07) is 8.25. The maximum absolute atomic E-state index is 4.74. The normalized spacial score (nSPS) is 11.1. The monoisotopic (exact) mass is 213 g/mol. The van der Waals surface area contributed by atoms with E-state index in [4.69, 9.17) is 13.3 Å². The molecule has 2 heterocycles. The van der Waals surface area contributed by atoms with Crippen molar-refractivity contribution in [3.63, 3.8) is 0 Å². The quantitative estimate of drug-likeness (QED) is 0.782. The zero-order valence-electron chi connectivity index (χ0n) is 8.61. The number of fused-ring (bicyclic) bond motifs is 2. The summed E-state index contributed by atoms with van der Waals surface area (Å²) in [4.78, 5) is 0. The van der Waals surface area contributed by atoms with E-state index in [1.54, 1.807) is 21.3 Å². The second kappa shape index (κ2) is 5.76. The molecule has 1 aromatic rings. The minimum Gasteiger partial charge on any atom is -0.379 e. The lowest BCUT2D eigenvalue weighted by molar-refractivity contribution is 0.163. The summed E-state index contributed by atoms with van der Waals surface area (Å²) in [7, 11) is 3.05. The maximum atomic E-state index is 4.74. The van der Waals surface area contributed by atoms with Crippen LogP contribution in [0.1, 0.15) is 0 Å². The van der Waals surface area contributed by atoms with Crippen molar-refractivity contribution in [1.29, 1.82) is 0 Å². The van der Waals surface area contributed by atoms with Gasteiger partial charge in [-0.1, -0.05) is 6.07 Å². The van der Waals surface area contributed by atoms with Gasteiger partial charge in [0.1, 0.15) is 0 Å². The van der Waals surface area contributed by atoms with Gasteiger partial charge >= 0.3 is 9.53 Å². The molecule has 0 saturated carbocycles. The van der Waals surface area contributed by atoms with Crippen molar-refractivity contribution in [2.24, 2.45) is 0 Å². The van der Waals surface area contributed by atoms with Crippen LogP contribution in [0.25, 0.3) is 0 Å².